The smallest absolute Gasteiger partial charge is 0.0947 e. The maximum absolute atomic E-state index is 5.08. The van der Waals surface area contributed by atoms with Crippen molar-refractivity contribution in [1.29, 1.82) is 0 Å². The molecule has 0 aliphatic heterocycles. The number of nitrogens with one attached hydrogen (secondary N) is 1. The number of likely N-dealkylation sites (N-methyl/N-ethyl adjacent to an activating group) is 1. The molecule has 0 amide bonds. The van der Waals surface area contributed by atoms with Gasteiger partial charge in [-0.05, 0) is 25.7 Å². The molecule has 3 nitrogen and oxygen atoms in total. The van der Waals surface area contributed by atoms with Gasteiger partial charge in [0.15, 0.2) is 0 Å². The molecule has 1 N–H and O–H groups in total. The fraction of sp³-hybridized carbons (Fsp3) is 0.333. The van der Waals surface area contributed by atoms with Crippen molar-refractivity contribution < 1.29 is 4.42 Å². The molecule has 1 unspecified atom stereocenters. The number of nitrogens with zero attached hydrogens (tertiary/aromatic N) is 1. The average Bonchev–Trinajstić information content (AvgIpc) is 2.88. The van der Waals surface area contributed by atoms with Crippen molar-refractivity contribution in [2.24, 2.45) is 0 Å². The van der Waals surface area contributed by atoms with Crippen molar-refractivity contribution in [3.8, 4) is 0 Å². The summed E-state index contributed by atoms with van der Waals surface area (Å²) in [6, 6.07) is 12.9. The molecule has 1 aromatic carbocycles. The number of rotatable bonds is 6. The van der Waals surface area contributed by atoms with E-state index in [1.54, 1.807) is 12.5 Å². The first-order valence-corrected chi connectivity index (χ1v) is 6.20. The SMILES string of the molecule is CN(C)CC(NCc1ccoc1)c1ccccc1. The lowest BCUT2D eigenvalue weighted by molar-refractivity contribution is 0.340. The Morgan fingerprint density at radius 1 is 1.17 bits per heavy atom. The van der Waals surface area contributed by atoms with E-state index >= 15 is 0 Å². The molecule has 1 heterocycles. The van der Waals surface area contributed by atoms with Crippen LogP contribution in [0.2, 0.25) is 0 Å². The third kappa shape index (κ3) is 3.72. The Hall–Kier alpha value is -1.58. The van der Waals surface area contributed by atoms with Crippen LogP contribution in [0.3, 0.4) is 0 Å². The fourth-order valence-corrected chi connectivity index (χ4v) is 1.97. The van der Waals surface area contributed by atoms with Crippen molar-refractivity contribution in [1.82, 2.24) is 10.2 Å². The minimum Gasteiger partial charge on any atom is -0.472 e. The van der Waals surface area contributed by atoms with Crippen molar-refractivity contribution in [2.75, 3.05) is 20.6 Å². The molecule has 0 aliphatic carbocycles. The molecule has 0 aliphatic rings. The highest BCUT2D eigenvalue weighted by Crippen LogP contribution is 2.14. The topological polar surface area (TPSA) is 28.4 Å². The van der Waals surface area contributed by atoms with E-state index in [0.717, 1.165) is 13.1 Å². The van der Waals surface area contributed by atoms with Crippen LogP contribution in [0.15, 0.2) is 53.3 Å². The summed E-state index contributed by atoms with van der Waals surface area (Å²) in [6.07, 6.45) is 3.49. The molecule has 0 saturated carbocycles. The summed E-state index contributed by atoms with van der Waals surface area (Å²) in [5, 5.41) is 3.57. The summed E-state index contributed by atoms with van der Waals surface area (Å²) in [5.74, 6) is 0. The summed E-state index contributed by atoms with van der Waals surface area (Å²) in [6.45, 7) is 1.80. The van der Waals surface area contributed by atoms with E-state index in [-0.39, 0.29) is 0 Å². The molecule has 96 valence electrons. The van der Waals surface area contributed by atoms with E-state index in [1.165, 1.54) is 11.1 Å². The van der Waals surface area contributed by atoms with Crippen LogP contribution in [0.4, 0.5) is 0 Å². The standard InChI is InChI=1S/C15H20N2O/c1-17(2)11-15(14-6-4-3-5-7-14)16-10-13-8-9-18-12-13/h3-9,12,15-16H,10-11H2,1-2H3. The third-order valence-electron chi connectivity index (χ3n) is 2.88. The second kappa shape index (κ2) is 6.38. The summed E-state index contributed by atoms with van der Waals surface area (Å²) in [4.78, 5) is 2.19. The van der Waals surface area contributed by atoms with Crippen LogP contribution < -0.4 is 5.32 Å². The minimum absolute atomic E-state index is 0.330. The Kier molecular flexibility index (Phi) is 4.56. The van der Waals surface area contributed by atoms with Gasteiger partial charge in [0, 0.05) is 24.7 Å². The zero-order valence-corrected chi connectivity index (χ0v) is 11.0. The average molecular weight is 244 g/mol. The predicted octanol–water partition coefficient (Wildman–Crippen LogP) is 2.67. The van der Waals surface area contributed by atoms with Gasteiger partial charge in [-0.2, -0.15) is 0 Å². The Bertz CT molecular complexity index is 437. The molecular formula is C15H20N2O. The molecule has 1 aromatic heterocycles. The molecule has 0 radical (unpaired) electrons. The van der Waals surface area contributed by atoms with Gasteiger partial charge >= 0.3 is 0 Å². The van der Waals surface area contributed by atoms with Gasteiger partial charge in [-0.25, -0.2) is 0 Å². The van der Waals surface area contributed by atoms with Gasteiger partial charge in [0.2, 0.25) is 0 Å². The first-order chi connectivity index (χ1) is 8.75. The number of furan rings is 1. The van der Waals surface area contributed by atoms with E-state index in [9.17, 15) is 0 Å². The highest BCUT2D eigenvalue weighted by Gasteiger charge is 2.11. The molecule has 0 bridgehead atoms. The highest BCUT2D eigenvalue weighted by atomic mass is 16.3. The van der Waals surface area contributed by atoms with Crippen LogP contribution in [0.5, 0.6) is 0 Å². The Morgan fingerprint density at radius 3 is 2.56 bits per heavy atom. The molecule has 2 rings (SSSR count). The van der Waals surface area contributed by atoms with Crippen molar-refractivity contribution >= 4 is 0 Å². The van der Waals surface area contributed by atoms with Crippen LogP contribution in [0.1, 0.15) is 17.2 Å². The summed E-state index contributed by atoms with van der Waals surface area (Å²) >= 11 is 0. The zero-order chi connectivity index (χ0) is 12.8. The van der Waals surface area contributed by atoms with Crippen molar-refractivity contribution in [3.63, 3.8) is 0 Å². The van der Waals surface area contributed by atoms with Gasteiger partial charge in [0.1, 0.15) is 0 Å². The zero-order valence-electron chi connectivity index (χ0n) is 11.0. The van der Waals surface area contributed by atoms with Gasteiger partial charge in [-0.15, -0.1) is 0 Å². The monoisotopic (exact) mass is 244 g/mol. The second-order valence-corrected chi connectivity index (χ2v) is 4.74. The van der Waals surface area contributed by atoms with Gasteiger partial charge in [0.05, 0.1) is 12.5 Å². The molecule has 0 spiro atoms. The third-order valence-corrected chi connectivity index (χ3v) is 2.88. The predicted molar refractivity (Wildman–Crippen MR) is 73.3 cm³/mol. The van der Waals surface area contributed by atoms with Gasteiger partial charge < -0.3 is 14.6 Å². The van der Waals surface area contributed by atoms with Gasteiger partial charge in [0.25, 0.3) is 0 Å². The summed E-state index contributed by atoms with van der Waals surface area (Å²) in [5.41, 5.74) is 2.49. The van der Waals surface area contributed by atoms with E-state index in [2.05, 4.69) is 48.6 Å². The minimum atomic E-state index is 0.330. The maximum atomic E-state index is 5.08. The van der Waals surface area contributed by atoms with Crippen LogP contribution in [0, 0.1) is 0 Å². The Morgan fingerprint density at radius 2 is 1.94 bits per heavy atom. The number of hydrogen-bond acceptors (Lipinski definition) is 3. The quantitative estimate of drug-likeness (QED) is 0.847. The first kappa shape index (κ1) is 12.9. The first-order valence-electron chi connectivity index (χ1n) is 6.20. The van der Waals surface area contributed by atoms with Crippen LogP contribution in [-0.2, 0) is 6.54 Å². The molecule has 0 saturated heterocycles. The molecule has 2 aromatic rings. The Balaban J connectivity index is 2.01. The van der Waals surface area contributed by atoms with E-state index < -0.39 is 0 Å². The molecule has 0 fully saturated rings. The number of benzene rings is 1. The summed E-state index contributed by atoms with van der Waals surface area (Å²) < 4.78 is 5.08. The van der Waals surface area contributed by atoms with E-state index in [1.807, 2.05) is 12.1 Å². The molecule has 3 heteroatoms. The summed E-state index contributed by atoms with van der Waals surface area (Å²) in [7, 11) is 4.19. The van der Waals surface area contributed by atoms with E-state index in [0.29, 0.717) is 6.04 Å². The van der Waals surface area contributed by atoms with Crippen molar-refractivity contribution in [3.05, 3.63) is 60.1 Å². The van der Waals surface area contributed by atoms with Crippen LogP contribution >= 0.6 is 0 Å². The Labute approximate surface area is 108 Å². The fourth-order valence-electron chi connectivity index (χ4n) is 1.97. The lowest BCUT2D eigenvalue weighted by Crippen LogP contribution is -2.30. The second-order valence-electron chi connectivity index (χ2n) is 4.74. The van der Waals surface area contributed by atoms with Crippen LogP contribution in [0.25, 0.3) is 0 Å². The lowest BCUT2D eigenvalue weighted by Gasteiger charge is -2.22. The maximum Gasteiger partial charge on any atom is 0.0947 e. The van der Waals surface area contributed by atoms with Crippen LogP contribution in [-0.4, -0.2) is 25.5 Å². The lowest BCUT2D eigenvalue weighted by atomic mass is 10.1. The molecular weight excluding hydrogens is 224 g/mol. The van der Waals surface area contributed by atoms with Gasteiger partial charge in [-0.3, -0.25) is 0 Å². The van der Waals surface area contributed by atoms with E-state index in [4.69, 9.17) is 4.42 Å². The molecule has 18 heavy (non-hydrogen) atoms. The number of hydrogen-bond donors (Lipinski definition) is 1. The van der Waals surface area contributed by atoms with Gasteiger partial charge in [-0.1, -0.05) is 30.3 Å². The molecule has 1 atom stereocenters. The largest absolute Gasteiger partial charge is 0.472 e. The highest BCUT2D eigenvalue weighted by molar-refractivity contribution is 5.19. The normalized spacial score (nSPS) is 12.8. The van der Waals surface area contributed by atoms with Crippen molar-refractivity contribution in [2.45, 2.75) is 12.6 Å².